The van der Waals surface area contributed by atoms with Gasteiger partial charge in [0, 0.05) is 32.6 Å². The molecule has 1 aliphatic rings. The molecule has 1 rings (SSSR count). The molecule has 0 saturated carbocycles. The van der Waals surface area contributed by atoms with Crippen molar-refractivity contribution in [3.05, 3.63) is 0 Å². The Kier molecular flexibility index (Phi) is 7.11. The number of amides is 1. The molecule has 1 N–H and O–H groups in total. The summed E-state index contributed by atoms with van der Waals surface area (Å²) in [4.78, 5) is 13.5. The van der Waals surface area contributed by atoms with Crippen LogP contribution in [-0.4, -0.2) is 69.6 Å². The number of nitrogens with zero attached hydrogens (tertiary/aromatic N) is 1. The van der Waals surface area contributed by atoms with Crippen LogP contribution in [0.5, 0.6) is 0 Å². The van der Waals surface area contributed by atoms with Gasteiger partial charge in [0.15, 0.2) is 0 Å². The van der Waals surface area contributed by atoms with E-state index in [1.54, 1.807) is 0 Å². The number of rotatable bonds is 7. The zero-order valence-electron chi connectivity index (χ0n) is 10.7. The van der Waals surface area contributed by atoms with Crippen molar-refractivity contribution in [2.24, 2.45) is 0 Å². The summed E-state index contributed by atoms with van der Waals surface area (Å²) >= 11 is 0. The minimum Gasteiger partial charge on any atom is -0.379 e. The second-order valence-electron chi connectivity index (χ2n) is 4.22. The van der Waals surface area contributed by atoms with Crippen LogP contribution in [0.15, 0.2) is 0 Å². The van der Waals surface area contributed by atoms with Gasteiger partial charge in [-0.05, 0) is 0 Å². The summed E-state index contributed by atoms with van der Waals surface area (Å²) in [6.07, 6.45) is -4.40. The Labute approximate surface area is 110 Å². The van der Waals surface area contributed by atoms with Gasteiger partial charge in [-0.3, -0.25) is 9.69 Å². The molecule has 0 atom stereocenters. The summed E-state index contributed by atoms with van der Waals surface area (Å²) in [6.45, 7) is 2.74. The Bertz CT molecular complexity index is 268. The molecule has 1 fully saturated rings. The normalized spacial score (nSPS) is 17.4. The monoisotopic (exact) mass is 284 g/mol. The van der Waals surface area contributed by atoms with E-state index in [1.807, 2.05) is 0 Å². The number of hydrogen-bond acceptors (Lipinski definition) is 4. The first kappa shape index (κ1) is 16.2. The highest BCUT2D eigenvalue weighted by molar-refractivity contribution is 5.75. The van der Waals surface area contributed by atoms with Gasteiger partial charge in [-0.15, -0.1) is 0 Å². The maximum Gasteiger partial charge on any atom is 0.411 e. The zero-order valence-corrected chi connectivity index (χ0v) is 10.7. The van der Waals surface area contributed by atoms with Crippen molar-refractivity contribution >= 4 is 5.91 Å². The van der Waals surface area contributed by atoms with Crippen LogP contribution in [0.2, 0.25) is 0 Å². The first-order valence-electron chi connectivity index (χ1n) is 6.19. The highest BCUT2D eigenvalue weighted by Gasteiger charge is 2.27. The fourth-order valence-electron chi connectivity index (χ4n) is 1.62. The Hall–Kier alpha value is -0.860. The van der Waals surface area contributed by atoms with Gasteiger partial charge < -0.3 is 14.8 Å². The van der Waals surface area contributed by atoms with Crippen LogP contribution in [0.4, 0.5) is 13.2 Å². The number of halogens is 3. The molecule has 1 saturated heterocycles. The van der Waals surface area contributed by atoms with E-state index in [4.69, 9.17) is 4.74 Å². The molecule has 0 aromatic carbocycles. The number of hydrogen-bond donors (Lipinski definition) is 1. The second-order valence-corrected chi connectivity index (χ2v) is 4.22. The van der Waals surface area contributed by atoms with Crippen LogP contribution >= 0.6 is 0 Å². The third-order valence-corrected chi connectivity index (χ3v) is 2.59. The third-order valence-electron chi connectivity index (χ3n) is 2.59. The van der Waals surface area contributed by atoms with Crippen molar-refractivity contribution in [1.29, 1.82) is 0 Å². The quantitative estimate of drug-likeness (QED) is 0.688. The predicted molar refractivity (Wildman–Crippen MR) is 61.8 cm³/mol. The highest BCUT2D eigenvalue weighted by atomic mass is 19.4. The lowest BCUT2D eigenvalue weighted by molar-refractivity contribution is -0.174. The molecule has 19 heavy (non-hydrogen) atoms. The van der Waals surface area contributed by atoms with Crippen molar-refractivity contribution in [1.82, 2.24) is 10.2 Å². The van der Waals surface area contributed by atoms with E-state index in [0.29, 0.717) is 19.8 Å². The van der Waals surface area contributed by atoms with Gasteiger partial charge in [0.25, 0.3) is 0 Å². The second kappa shape index (κ2) is 8.34. The van der Waals surface area contributed by atoms with Gasteiger partial charge in [0.1, 0.15) is 6.61 Å². The summed E-state index contributed by atoms with van der Waals surface area (Å²) in [5, 5.41) is 2.64. The molecule has 1 heterocycles. The van der Waals surface area contributed by atoms with Crippen molar-refractivity contribution in [3.8, 4) is 0 Å². The molecular formula is C11H19F3N2O3. The van der Waals surface area contributed by atoms with Gasteiger partial charge in [0.2, 0.25) is 5.91 Å². The highest BCUT2D eigenvalue weighted by Crippen LogP contribution is 2.14. The van der Waals surface area contributed by atoms with Gasteiger partial charge in [-0.25, -0.2) is 0 Å². The third kappa shape index (κ3) is 8.79. The fraction of sp³-hybridized carbons (Fsp3) is 0.909. The van der Waals surface area contributed by atoms with Crippen LogP contribution in [0.3, 0.4) is 0 Å². The molecule has 1 amide bonds. The maximum absolute atomic E-state index is 11.7. The van der Waals surface area contributed by atoms with E-state index in [1.165, 1.54) is 0 Å². The summed E-state index contributed by atoms with van der Waals surface area (Å²) in [6, 6.07) is 0. The van der Waals surface area contributed by atoms with Crippen LogP contribution < -0.4 is 5.32 Å². The number of alkyl halides is 3. The standard InChI is InChI=1S/C11H19F3N2O3/c12-11(13,14)9-19-6-1-10(17)15-2-3-16-4-7-18-8-5-16/h1-9H2,(H,15,17). The molecule has 0 aliphatic carbocycles. The SMILES string of the molecule is O=C(CCOCC(F)(F)F)NCCN1CCOCC1. The largest absolute Gasteiger partial charge is 0.411 e. The van der Waals surface area contributed by atoms with E-state index in [0.717, 1.165) is 19.6 Å². The van der Waals surface area contributed by atoms with Gasteiger partial charge in [-0.1, -0.05) is 0 Å². The van der Waals surface area contributed by atoms with E-state index in [2.05, 4.69) is 15.0 Å². The Morgan fingerprint density at radius 3 is 2.63 bits per heavy atom. The van der Waals surface area contributed by atoms with Crippen molar-refractivity contribution in [3.63, 3.8) is 0 Å². The van der Waals surface area contributed by atoms with E-state index < -0.39 is 12.8 Å². The zero-order chi connectivity index (χ0) is 14.1. The lowest BCUT2D eigenvalue weighted by Crippen LogP contribution is -2.41. The van der Waals surface area contributed by atoms with Gasteiger partial charge in [-0.2, -0.15) is 13.2 Å². The summed E-state index contributed by atoms with van der Waals surface area (Å²) < 4.78 is 44.8. The van der Waals surface area contributed by atoms with Crippen LogP contribution in [0, 0.1) is 0 Å². The van der Waals surface area contributed by atoms with E-state index >= 15 is 0 Å². The molecule has 8 heteroatoms. The molecule has 112 valence electrons. The molecule has 0 bridgehead atoms. The summed E-state index contributed by atoms with van der Waals surface area (Å²) in [7, 11) is 0. The number of carbonyl (C=O) groups is 1. The minimum absolute atomic E-state index is 0.0564. The minimum atomic E-state index is -4.34. The molecule has 5 nitrogen and oxygen atoms in total. The summed E-state index contributed by atoms with van der Waals surface area (Å²) in [5.41, 5.74) is 0. The van der Waals surface area contributed by atoms with Crippen molar-refractivity contribution < 1.29 is 27.4 Å². The number of nitrogens with one attached hydrogen (secondary N) is 1. The number of carbonyl (C=O) groups excluding carboxylic acids is 1. The van der Waals surface area contributed by atoms with Crippen molar-refractivity contribution in [2.75, 3.05) is 52.6 Å². The molecule has 0 radical (unpaired) electrons. The molecule has 0 spiro atoms. The lowest BCUT2D eigenvalue weighted by Gasteiger charge is -2.26. The first-order valence-corrected chi connectivity index (χ1v) is 6.19. The average molecular weight is 284 g/mol. The van der Waals surface area contributed by atoms with Crippen LogP contribution in [0.1, 0.15) is 6.42 Å². The molecular weight excluding hydrogens is 265 g/mol. The molecule has 0 aromatic rings. The Morgan fingerprint density at radius 1 is 1.32 bits per heavy atom. The predicted octanol–water partition coefficient (Wildman–Crippen LogP) is 0.404. The smallest absolute Gasteiger partial charge is 0.379 e. The van der Waals surface area contributed by atoms with Crippen LogP contribution in [0.25, 0.3) is 0 Å². The number of ether oxygens (including phenoxy) is 2. The Balaban J connectivity index is 1.95. The van der Waals surface area contributed by atoms with Gasteiger partial charge in [0.05, 0.1) is 19.8 Å². The lowest BCUT2D eigenvalue weighted by atomic mass is 10.4. The molecule has 1 aliphatic heterocycles. The fourth-order valence-corrected chi connectivity index (χ4v) is 1.62. The number of morpholine rings is 1. The summed E-state index contributed by atoms with van der Waals surface area (Å²) in [5.74, 6) is -0.296. The average Bonchev–Trinajstić information content (AvgIpc) is 2.35. The molecule has 0 unspecified atom stereocenters. The van der Waals surface area contributed by atoms with E-state index in [-0.39, 0.29) is 18.9 Å². The van der Waals surface area contributed by atoms with Crippen molar-refractivity contribution in [2.45, 2.75) is 12.6 Å². The first-order chi connectivity index (χ1) is 8.97. The molecule has 0 aromatic heterocycles. The van der Waals surface area contributed by atoms with Crippen LogP contribution in [-0.2, 0) is 14.3 Å². The topological polar surface area (TPSA) is 50.8 Å². The van der Waals surface area contributed by atoms with Gasteiger partial charge >= 0.3 is 6.18 Å². The van der Waals surface area contributed by atoms with E-state index in [9.17, 15) is 18.0 Å². The maximum atomic E-state index is 11.7. The Morgan fingerprint density at radius 2 is 2.00 bits per heavy atom.